The normalized spacial score (nSPS) is 29.7. The number of piperidine rings is 1. The number of carbonyl (C=O) groups is 2. The Balaban J connectivity index is 0.986. The first-order valence-corrected chi connectivity index (χ1v) is 17.6. The van der Waals surface area contributed by atoms with Crippen molar-refractivity contribution in [2.75, 3.05) is 9.80 Å². The Labute approximate surface area is 287 Å². The minimum atomic E-state index is -0.0839. The number of anilines is 2. The number of nitrogens with zero attached hydrogens (tertiary/aromatic N) is 3. The third kappa shape index (κ3) is 2.82. The summed E-state index contributed by atoms with van der Waals surface area (Å²) in [6.07, 6.45) is 20.3. The predicted molar refractivity (Wildman–Crippen MR) is 197 cm³/mol. The molecule has 4 aromatic carbocycles. The first-order chi connectivity index (χ1) is 24.7. The SMILES string of the molecule is O=C1C2=C3C(C=CC4C5=CC=C6C(=O)N7C(=Nc8cccc9cccc7c89)C7C=CC(=C5C67)C(C=C2)C34)C2=Cc3cccc4cccc(c34)N12. The zero-order chi connectivity index (χ0) is 32.6. The van der Waals surface area contributed by atoms with Crippen LogP contribution in [-0.2, 0) is 9.59 Å². The maximum Gasteiger partial charge on any atom is 0.262 e. The zero-order valence-electron chi connectivity index (χ0n) is 26.7. The van der Waals surface area contributed by atoms with E-state index in [0.29, 0.717) is 0 Å². The van der Waals surface area contributed by atoms with E-state index in [1.807, 2.05) is 15.9 Å². The molecule has 5 aliphatic carbocycles. The Morgan fingerprint density at radius 3 is 2.24 bits per heavy atom. The molecule has 50 heavy (non-hydrogen) atoms. The Bertz CT molecular complexity index is 2730. The van der Waals surface area contributed by atoms with E-state index in [2.05, 4.69) is 121 Å². The van der Waals surface area contributed by atoms with Crippen molar-refractivity contribution in [3.63, 3.8) is 0 Å². The molecule has 1 saturated heterocycles. The van der Waals surface area contributed by atoms with Crippen LogP contribution in [0.4, 0.5) is 17.1 Å². The topological polar surface area (TPSA) is 53.0 Å². The molecule has 2 amide bonds. The number of hydrogen-bond donors (Lipinski definition) is 0. The number of benzene rings is 4. The van der Waals surface area contributed by atoms with Gasteiger partial charge in [0.25, 0.3) is 11.8 Å². The Morgan fingerprint density at radius 1 is 0.640 bits per heavy atom. The lowest BCUT2D eigenvalue weighted by atomic mass is 9.52. The fourth-order valence-corrected chi connectivity index (χ4v) is 11.0. The molecule has 1 fully saturated rings. The molecule has 0 aromatic heterocycles. The van der Waals surface area contributed by atoms with Crippen molar-refractivity contribution < 1.29 is 9.59 Å². The van der Waals surface area contributed by atoms with Crippen molar-refractivity contribution in [3.05, 3.63) is 166 Å². The van der Waals surface area contributed by atoms with Crippen molar-refractivity contribution in [1.29, 1.82) is 0 Å². The molecular formula is C45H27N3O2. The molecule has 0 bridgehead atoms. The molecule has 6 atom stereocenters. The number of allylic oxidation sites excluding steroid dienone is 9. The highest BCUT2D eigenvalue weighted by atomic mass is 16.2. The second-order valence-electron chi connectivity index (χ2n) is 14.8. The smallest absolute Gasteiger partial charge is 0.262 e. The number of amides is 2. The molecule has 4 aromatic rings. The molecule has 4 heterocycles. The van der Waals surface area contributed by atoms with Crippen molar-refractivity contribution in [3.8, 4) is 0 Å². The predicted octanol–water partition coefficient (Wildman–Crippen LogP) is 8.66. The van der Waals surface area contributed by atoms with Gasteiger partial charge in [0.1, 0.15) is 5.84 Å². The van der Waals surface area contributed by atoms with Gasteiger partial charge >= 0.3 is 0 Å². The van der Waals surface area contributed by atoms with Crippen LogP contribution in [0.1, 0.15) is 5.56 Å². The Hall–Kier alpha value is -6.07. The van der Waals surface area contributed by atoms with Gasteiger partial charge in [-0.3, -0.25) is 19.4 Å². The summed E-state index contributed by atoms with van der Waals surface area (Å²) in [6.45, 7) is 0. The van der Waals surface area contributed by atoms with E-state index in [-0.39, 0.29) is 47.3 Å². The van der Waals surface area contributed by atoms with Crippen LogP contribution < -0.4 is 9.80 Å². The van der Waals surface area contributed by atoms with Gasteiger partial charge in [-0.1, -0.05) is 103 Å². The molecule has 5 heteroatoms. The number of fused-ring (bicyclic) bond motifs is 8. The Kier molecular flexibility index (Phi) is 4.43. The highest BCUT2D eigenvalue weighted by Gasteiger charge is 2.56. The molecule has 5 nitrogen and oxygen atoms in total. The largest absolute Gasteiger partial charge is 0.279 e. The lowest BCUT2D eigenvalue weighted by molar-refractivity contribution is -0.116. The van der Waals surface area contributed by atoms with Gasteiger partial charge in [0, 0.05) is 63.1 Å². The van der Waals surface area contributed by atoms with Gasteiger partial charge in [-0.2, -0.15) is 0 Å². The van der Waals surface area contributed by atoms with E-state index in [9.17, 15) is 9.59 Å². The molecule has 6 unspecified atom stereocenters. The number of aliphatic imine (C=N–C) groups is 1. The summed E-state index contributed by atoms with van der Waals surface area (Å²) < 4.78 is 0. The van der Waals surface area contributed by atoms with Crippen molar-refractivity contribution in [2.45, 2.75) is 0 Å². The molecule has 234 valence electrons. The lowest BCUT2D eigenvalue weighted by Gasteiger charge is -2.54. The quantitative estimate of drug-likeness (QED) is 0.181. The first kappa shape index (κ1) is 25.9. The standard InChI is InChI=1S/C45H27N3O2/c49-44-31-19-15-27-26-14-18-30-42-32(45(50)48-35-12-4-8-23-6-2-10-33(38(23)35)46-43(30)48)20-16-28(40(26)42)25-13-17-29(41(31)39(25)27)36-21-24-9-1-5-22-7-3-11-34(37(22)24)47(36)44/h1-21,25,27,29-30,39,42H. The summed E-state index contributed by atoms with van der Waals surface area (Å²) in [6, 6.07) is 25.1. The van der Waals surface area contributed by atoms with Crippen LogP contribution in [0.15, 0.2) is 166 Å². The van der Waals surface area contributed by atoms with Crippen LogP contribution in [0.3, 0.4) is 0 Å². The zero-order valence-corrected chi connectivity index (χ0v) is 26.7. The average Bonchev–Trinajstić information content (AvgIpc) is 3.15. The van der Waals surface area contributed by atoms with Crippen LogP contribution in [0, 0.1) is 35.5 Å². The monoisotopic (exact) mass is 641 g/mol. The van der Waals surface area contributed by atoms with Crippen molar-refractivity contribution in [2.24, 2.45) is 40.5 Å². The Morgan fingerprint density at radius 2 is 1.38 bits per heavy atom. The van der Waals surface area contributed by atoms with Gasteiger partial charge < -0.3 is 0 Å². The maximum absolute atomic E-state index is 14.6. The van der Waals surface area contributed by atoms with Crippen LogP contribution >= 0.6 is 0 Å². The molecule has 0 saturated carbocycles. The summed E-state index contributed by atoms with van der Waals surface area (Å²) in [5.74, 6) is 1.15. The van der Waals surface area contributed by atoms with Crippen molar-refractivity contribution >= 4 is 62.3 Å². The molecule has 13 rings (SSSR count). The van der Waals surface area contributed by atoms with Gasteiger partial charge in [0.15, 0.2) is 0 Å². The highest BCUT2D eigenvalue weighted by Crippen LogP contribution is 2.62. The van der Waals surface area contributed by atoms with Gasteiger partial charge in [0.05, 0.1) is 17.1 Å². The van der Waals surface area contributed by atoms with E-state index in [1.165, 1.54) is 27.9 Å². The summed E-state index contributed by atoms with van der Waals surface area (Å²) in [5.41, 5.74) is 11.8. The third-order valence-corrected chi connectivity index (χ3v) is 12.8. The van der Waals surface area contributed by atoms with Crippen LogP contribution in [-0.4, -0.2) is 17.6 Å². The third-order valence-electron chi connectivity index (χ3n) is 12.8. The highest BCUT2D eigenvalue weighted by molar-refractivity contribution is 6.32. The minimum absolute atomic E-state index is 0.0157. The van der Waals surface area contributed by atoms with Crippen LogP contribution in [0.25, 0.3) is 27.6 Å². The first-order valence-electron chi connectivity index (χ1n) is 17.6. The number of amidine groups is 1. The van der Waals surface area contributed by atoms with Gasteiger partial charge in [-0.25, -0.2) is 4.99 Å². The molecule has 0 radical (unpaired) electrons. The molecule has 9 aliphatic rings. The van der Waals surface area contributed by atoms with Crippen molar-refractivity contribution in [1.82, 2.24) is 0 Å². The van der Waals surface area contributed by atoms with E-state index in [4.69, 9.17) is 4.99 Å². The van der Waals surface area contributed by atoms with E-state index >= 15 is 0 Å². The maximum atomic E-state index is 14.6. The fourth-order valence-electron chi connectivity index (χ4n) is 11.0. The summed E-state index contributed by atoms with van der Waals surface area (Å²) in [7, 11) is 0. The summed E-state index contributed by atoms with van der Waals surface area (Å²) in [4.78, 5) is 38.2. The average molecular weight is 642 g/mol. The van der Waals surface area contributed by atoms with E-state index < -0.39 is 0 Å². The second-order valence-corrected chi connectivity index (χ2v) is 14.8. The molecule has 0 spiro atoms. The lowest BCUT2D eigenvalue weighted by Crippen LogP contribution is -2.54. The molecule has 0 N–H and O–H groups in total. The second kappa shape index (κ2) is 8.55. The molecular weight excluding hydrogens is 615 g/mol. The van der Waals surface area contributed by atoms with E-state index in [1.54, 1.807) is 0 Å². The number of hydrogen-bond acceptors (Lipinski definition) is 3. The summed E-state index contributed by atoms with van der Waals surface area (Å²) >= 11 is 0. The van der Waals surface area contributed by atoms with Crippen LogP contribution in [0.5, 0.6) is 0 Å². The van der Waals surface area contributed by atoms with Gasteiger partial charge in [0.2, 0.25) is 0 Å². The minimum Gasteiger partial charge on any atom is -0.279 e. The number of rotatable bonds is 0. The van der Waals surface area contributed by atoms with Gasteiger partial charge in [-0.15, -0.1) is 0 Å². The number of carbonyl (C=O) groups excluding carboxylic acids is 2. The fraction of sp³-hybridized carbons (Fsp3) is 0.133. The van der Waals surface area contributed by atoms with Gasteiger partial charge in [-0.05, 0) is 62.9 Å². The van der Waals surface area contributed by atoms with Crippen LogP contribution in [0.2, 0.25) is 0 Å². The van der Waals surface area contributed by atoms with E-state index in [0.717, 1.165) is 61.3 Å². The summed E-state index contributed by atoms with van der Waals surface area (Å²) in [5, 5.41) is 4.41. The molecule has 4 aliphatic heterocycles.